The van der Waals surface area contributed by atoms with Crippen molar-refractivity contribution in [1.82, 2.24) is 9.97 Å². The van der Waals surface area contributed by atoms with Crippen LogP contribution in [0.15, 0.2) is 36.8 Å². The van der Waals surface area contributed by atoms with Crippen LogP contribution in [-0.2, 0) is 5.88 Å². The highest BCUT2D eigenvalue weighted by Gasteiger charge is 2.01. The Morgan fingerprint density at radius 3 is 2.67 bits per heavy atom. The molecule has 0 fully saturated rings. The fourth-order valence-electron chi connectivity index (χ4n) is 1.23. The van der Waals surface area contributed by atoms with Crippen molar-refractivity contribution in [2.24, 2.45) is 0 Å². The molecule has 0 aliphatic rings. The van der Waals surface area contributed by atoms with Gasteiger partial charge in [-0.15, -0.1) is 11.6 Å². The monoisotopic (exact) mass is 222 g/mol. The van der Waals surface area contributed by atoms with Gasteiger partial charge >= 0.3 is 0 Å². The molecule has 2 heterocycles. The van der Waals surface area contributed by atoms with E-state index >= 15 is 0 Å². The second-order valence-electron chi connectivity index (χ2n) is 3.08. The molecule has 0 saturated carbocycles. The number of nitrogens with zero attached hydrogens (tertiary/aromatic N) is 2. The van der Waals surface area contributed by atoms with E-state index in [9.17, 15) is 4.39 Å². The van der Waals surface area contributed by atoms with E-state index in [-0.39, 0.29) is 5.82 Å². The Bertz CT molecular complexity index is 456. The Morgan fingerprint density at radius 1 is 1.20 bits per heavy atom. The molecule has 0 N–H and O–H groups in total. The molecule has 0 atom stereocenters. The molecular weight excluding hydrogens is 215 g/mol. The highest BCUT2D eigenvalue weighted by Crippen LogP contribution is 2.17. The summed E-state index contributed by atoms with van der Waals surface area (Å²) < 4.78 is 12.9. The predicted molar refractivity (Wildman–Crippen MR) is 57.0 cm³/mol. The van der Waals surface area contributed by atoms with Gasteiger partial charge in [0.05, 0.1) is 11.9 Å². The summed E-state index contributed by atoms with van der Waals surface area (Å²) in [5, 5.41) is 0. The zero-order valence-electron chi connectivity index (χ0n) is 7.82. The minimum atomic E-state index is -0.365. The lowest BCUT2D eigenvalue weighted by molar-refractivity contribution is 0.622. The highest BCUT2D eigenvalue weighted by molar-refractivity contribution is 6.17. The molecule has 0 aromatic carbocycles. The van der Waals surface area contributed by atoms with Gasteiger partial charge in [-0.05, 0) is 17.7 Å². The fraction of sp³-hybridized carbons (Fsp3) is 0.0909. The normalized spacial score (nSPS) is 10.3. The summed E-state index contributed by atoms with van der Waals surface area (Å²) in [4.78, 5) is 7.93. The van der Waals surface area contributed by atoms with Gasteiger partial charge in [-0.1, -0.05) is 6.07 Å². The predicted octanol–water partition coefficient (Wildman–Crippen LogP) is 3.02. The van der Waals surface area contributed by atoms with E-state index < -0.39 is 0 Å². The van der Waals surface area contributed by atoms with Gasteiger partial charge in [0.15, 0.2) is 0 Å². The number of rotatable bonds is 2. The first-order chi connectivity index (χ1) is 7.29. The molecule has 4 heteroatoms. The van der Waals surface area contributed by atoms with Crippen molar-refractivity contribution in [1.29, 1.82) is 0 Å². The lowest BCUT2D eigenvalue weighted by Crippen LogP contribution is -1.87. The maximum atomic E-state index is 12.9. The van der Waals surface area contributed by atoms with Crippen LogP contribution in [0.3, 0.4) is 0 Å². The van der Waals surface area contributed by atoms with Gasteiger partial charge in [0.2, 0.25) is 0 Å². The van der Waals surface area contributed by atoms with E-state index in [0.29, 0.717) is 17.1 Å². The van der Waals surface area contributed by atoms with Crippen LogP contribution in [0.2, 0.25) is 0 Å². The molecule has 0 unspecified atom stereocenters. The topological polar surface area (TPSA) is 25.8 Å². The van der Waals surface area contributed by atoms with Crippen LogP contribution in [-0.4, -0.2) is 9.97 Å². The van der Waals surface area contributed by atoms with Gasteiger partial charge in [-0.25, -0.2) is 4.39 Å². The van der Waals surface area contributed by atoms with Gasteiger partial charge < -0.3 is 0 Å². The van der Waals surface area contributed by atoms with E-state index in [4.69, 9.17) is 11.6 Å². The van der Waals surface area contributed by atoms with Crippen LogP contribution in [0.5, 0.6) is 0 Å². The molecule has 0 bridgehead atoms. The molecule has 2 rings (SSSR count). The Hall–Kier alpha value is -1.48. The molecule has 0 aliphatic heterocycles. The van der Waals surface area contributed by atoms with E-state index in [1.165, 1.54) is 6.07 Å². The maximum Gasteiger partial charge on any atom is 0.142 e. The van der Waals surface area contributed by atoms with Crippen LogP contribution in [0, 0.1) is 5.82 Å². The standard InChI is InChI=1S/C11H8ClFN2/c12-4-8-1-2-11(15-5-8)9-3-10(13)7-14-6-9/h1-3,5-7H,4H2. The highest BCUT2D eigenvalue weighted by atomic mass is 35.5. The fourth-order valence-corrected chi connectivity index (χ4v) is 1.38. The minimum absolute atomic E-state index is 0.365. The van der Waals surface area contributed by atoms with Crippen molar-refractivity contribution >= 4 is 11.6 Å². The first-order valence-corrected chi connectivity index (χ1v) is 4.95. The molecule has 15 heavy (non-hydrogen) atoms. The summed E-state index contributed by atoms with van der Waals surface area (Å²) in [6.07, 6.45) is 4.41. The summed E-state index contributed by atoms with van der Waals surface area (Å²) >= 11 is 5.64. The third-order valence-corrected chi connectivity index (χ3v) is 2.29. The molecule has 76 valence electrons. The van der Waals surface area contributed by atoms with Gasteiger partial charge in [0, 0.05) is 23.8 Å². The smallest absolute Gasteiger partial charge is 0.142 e. The minimum Gasteiger partial charge on any atom is -0.261 e. The van der Waals surface area contributed by atoms with E-state index in [1.807, 2.05) is 6.07 Å². The lowest BCUT2D eigenvalue weighted by Gasteiger charge is -2.00. The number of aromatic nitrogens is 2. The molecule has 0 spiro atoms. The molecule has 0 aliphatic carbocycles. The van der Waals surface area contributed by atoms with Crippen LogP contribution in [0.4, 0.5) is 4.39 Å². The van der Waals surface area contributed by atoms with E-state index in [1.54, 1.807) is 18.5 Å². The largest absolute Gasteiger partial charge is 0.261 e. The molecule has 0 amide bonds. The summed E-state index contributed by atoms with van der Waals surface area (Å²) in [5.41, 5.74) is 2.29. The third-order valence-electron chi connectivity index (χ3n) is 1.98. The average molecular weight is 223 g/mol. The Kier molecular flexibility index (Phi) is 2.92. The lowest BCUT2D eigenvalue weighted by atomic mass is 10.2. The Balaban J connectivity index is 2.37. The number of hydrogen-bond donors (Lipinski definition) is 0. The van der Waals surface area contributed by atoms with Gasteiger partial charge in [0.25, 0.3) is 0 Å². The van der Waals surface area contributed by atoms with Gasteiger partial charge in [-0.2, -0.15) is 0 Å². The van der Waals surface area contributed by atoms with Gasteiger partial charge in [0.1, 0.15) is 5.82 Å². The SMILES string of the molecule is Fc1cncc(-c2ccc(CCl)cn2)c1. The quantitative estimate of drug-likeness (QED) is 0.730. The molecule has 2 aromatic heterocycles. The van der Waals surface area contributed by atoms with E-state index in [0.717, 1.165) is 11.8 Å². The molecule has 2 nitrogen and oxygen atoms in total. The first kappa shape index (κ1) is 10.1. The van der Waals surface area contributed by atoms with Gasteiger partial charge in [-0.3, -0.25) is 9.97 Å². The van der Waals surface area contributed by atoms with Crippen LogP contribution >= 0.6 is 11.6 Å². The van der Waals surface area contributed by atoms with Crippen LogP contribution in [0.1, 0.15) is 5.56 Å². The first-order valence-electron chi connectivity index (χ1n) is 4.41. The van der Waals surface area contributed by atoms with Crippen molar-refractivity contribution in [2.45, 2.75) is 5.88 Å². The number of halogens is 2. The van der Waals surface area contributed by atoms with Crippen LogP contribution in [0.25, 0.3) is 11.3 Å². The van der Waals surface area contributed by atoms with Crippen molar-refractivity contribution < 1.29 is 4.39 Å². The molecule has 2 aromatic rings. The number of pyridine rings is 2. The van der Waals surface area contributed by atoms with E-state index in [2.05, 4.69) is 9.97 Å². The summed E-state index contributed by atoms with van der Waals surface area (Å²) in [7, 11) is 0. The Labute approximate surface area is 91.8 Å². The van der Waals surface area contributed by atoms with Crippen LogP contribution < -0.4 is 0 Å². The second kappa shape index (κ2) is 4.36. The van der Waals surface area contributed by atoms with Crippen molar-refractivity contribution in [3.05, 3.63) is 48.2 Å². The Morgan fingerprint density at radius 2 is 2.07 bits per heavy atom. The summed E-state index contributed by atoms with van der Waals surface area (Å²) in [5.74, 6) is 0.0602. The number of alkyl halides is 1. The summed E-state index contributed by atoms with van der Waals surface area (Å²) in [6, 6.07) is 5.06. The van der Waals surface area contributed by atoms with Crippen molar-refractivity contribution in [2.75, 3.05) is 0 Å². The zero-order chi connectivity index (χ0) is 10.7. The number of hydrogen-bond acceptors (Lipinski definition) is 2. The molecule has 0 radical (unpaired) electrons. The zero-order valence-corrected chi connectivity index (χ0v) is 8.58. The van der Waals surface area contributed by atoms with Crippen molar-refractivity contribution in [3.63, 3.8) is 0 Å². The third kappa shape index (κ3) is 2.30. The molecule has 0 saturated heterocycles. The van der Waals surface area contributed by atoms with Crippen molar-refractivity contribution in [3.8, 4) is 11.3 Å². The summed E-state index contributed by atoms with van der Waals surface area (Å²) in [6.45, 7) is 0. The second-order valence-corrected chi connectivity index (χ2v) is 3.34. The molecular formula is C11H8ClFN2. The average Bonchev–Trinajstić information content (AvgIpc) is 2.29. The maximum absolute atomic E-state index is 12.9.